The van der Waals surface area contributed by atoms with Crippen LogP contribution in [0.4, 0.5) is 0 Å². The first-order valence-electron chi connectivity index (χ1n) is 37.8. The second-order valence-electron chi connectivity index (χ2n) is 23.6. The third-order valence-corrected chi connectivity index (χ3v) is 13.5. The largest absolute Gasteiger partial charge is 0.512 e. The van der Waals surface area contributed by atoms with Gasteiger partial charge in [-0.1, -0.05) is 145 Å². The molecule has 4 radical (unpaired) electrons. The molecular weight excluding hydrogens is 2020 g/mol. The van der Waals surface area contributed by atoms with Gasteiger partial charge in [0.05, 0.1) is 45.1 Å². The van der Waals surface area contributed by atoms with Crippen LogP contribution < -0.4 is 0 Å². The second-order valence-corrected chi connectivity index (χ2v) is 23.6. The normalized spacial score (nSPS) is 12.7. The molecule has 0 saturated carbocycles. The van der Waals surface area contributed by atoms with Crippen LogP contribution in [-0.4, -0.2) is 63.5 Å². The quantitative estimate of drug-likeness (QED) is 0.0638. The summed E-state index contributed by atoms with van der Waals surface area (Å²) in [6.07, 6.45) is 4.67. The zero-order valence-corrected chi connectivity index (χ0v) is 69.8. The first-order chi connectivity index (χ1) is 52.6. The van der Waals surface area contributed by atoms with Crippen molar-refractivity contribution in [2.75, 3.05) is 0 Å². The number of ketones is 4. The summed E-state index contributed by atoms with van der Waals surface area (Å²) in [5.41, 5.74) is 15.8. The molecule has 0 amide bonds. The van der Waals surface area contributed by atoms with E-state index in [0.29, 0.717) is 27.7 Å². The number of aliphatic hydroxyl groups is 4. The Morgan fingerprint density at radius 2 is 0.610 bits per heavy atom. The fraction of sp³-hybridized carbons (Fsp3) is 0.191. The number of nitrogens with zero attached hydrogens (tertiary/aromatic N) is 4. The number of hydrogen-bond acceptors (Lipinski definition) is 12. The Morgan fingerprint density at radius 1 is 0.314 bits per heavy atom. The summed E-state index contributed by atoms with van der Waals surface area (Å²) < 4.78 is 90.3. The van der Waals surface area contributed by atoms with E-state index in [1.54, 1.807) is 48.5 Å². The van der Waals surface area contributed by atoms with Gasteiger partial charge in [-0.3, -0.25) is 39.1 Å². The van der Waals surface area contributed by atoms with E-state index in [4.69, 9.17) is 36.9 Å². The second kappa shape index (κ2) is 47.3. The van der Waals surface area contributed by atoms with Gasteiger partial charge in [0.1, 0.15) is 0 Å². The number of aromatic nitrogens is 4. The van der Waals surface area contributed by atoms with Crippen molar-refractivity contribution in [2.45, 2.75) is 117 Å². The molecule has 4 heterocycles. The van der Waals surface area contributed by atoms with Crippen LogP contribution in [0.2, 0.25) is 0 Å². The Kier molecular flexibility index (Phi) is 33.4. The van der Waals surface area contributed by atoms with Crippen molar-refractivity contribution in [2.24, 2.45) is 0 Å². The summed E-state index contributed by atoms with van der Waals surface area (Å²) in [5.74, 6) is -0.250. The van der Waals surface area contributed by atoms with Crippen molar-refractivity contribution >= 4 is 66.7 Å². The Labute approximate surface area is 690 Å². The Balaban J connectivity index is 0.000000696. The molecule has 12 rings (SSSR count). The number of benzene rings is 8. The van der Waals surface area contributed by atoms with Crippen LogP contribution in [0.25, 0.3) is 88.6 Å². The molecule has 0 aliphatic rings. The zero-order chi connectivity index (χ0) is 84.5. The van der Waals surface area contributed by atoms with E-state index in [1.807, 2.05) is 162 Å². The van der Waals surface area contributed by atoms with E-state index in [9.17, 15) is 19.2 Å². The van der Waals surface area contributed by atoms with Crippen LogP contribution in [0.5, 0.6) is 0 Å². The monoisotopic (exact) mass is 2130 g/mol. The van der Waals surface area contributed by atoms with Gasteiger partial charge in [-0.15, -0.1) is 141 Å². The SMILES string of the molecule is CC(=O)C=C(C)O.CC(=O)C=C(C)O.CC(=O)C=C(C)O.CC(=O)C=C(C)O.[2H]C([2H])([2H])c1[c-]c(-c2ccc3ccc(C)cc3n2)cc(C)c1.[2H]C([2H])([2H])c1[c-]c(-c2ccc3ccccc3n2)cc(C)c1.[2H]C([2H])([2H])c1ccc2ccc(-c3[c-]c(C)cc(C)c3)nc2c1.[2H]C([2H])([2H])c1ccc2ccc(-c3[c-]cccc3)nc2c1.[Ir].[Ir].[Ir].[Ir]. The van der Waals surface area contributed by atoms with Gasteiger partial charge in [0, 0.05) is 121 Å². The maximum atomic E-state index is 10.0. The first kappa shape index (κ1) is 74.1. The molecule has 105 heavy (non-hydrogen) atoms. The van der Waals surface area contributed by atoms with E-state index in [2.05, 4.69) is 56.3 Å². The van der Waals surface area contributed by atoms with Gasteiger partial charge in [-0.2, -0.15) is 0 Å². The third kappa shape index (κ3) is 35.0. The molecule has 0 atom stereocenters. The average Bonchev–Trinajstić information content (AvgIpc) is 0.814. The summed E-state index contributed by atoms with van der Waals surface area (Å²) >= 11 is 0. The van der Waals surface area contributed by atoms with Gasteiger partial charge in [-0.25, -0.2) is 0 Å². The van der Waals surface area contributed by atoms with Gasteiger partial charge in [0.2, 0.25) is 0 Å². The smallest absolute Gasteiger partial charge is 0.155 e. The summed E-state index contributed by atoms with van der Waals surface area (Å²) in [6.45, 7) is 12.7. The van der Waals surface area contributed by atoms with Gasteiger partial charge in [0.15, 0.2) is 23.1 Å². The summed E-state index contributed by atoms with van der Waals surface area (Å²) in [7, 11) is 0. The predicted molar refractivity (Wildman–Crippen MR) is 415 cm³/mol. The maximum Gasteiger partial charge on any atom is 0.155 e. The molecule has 12 aromatic rings. The van der Waals surface area contributed by atoms with Crippen LogP contribution >= 0.6 is 0 Å². The van der Waals surface area contributed by atoms with Crippen LogP contribution in [0, 0.1) is 86.3 Å². The zero-order valence-electron chi connectivity index (χ0n) is 72.3. The van der Waals surface area contributed by atoms with Crippen molar-refractivity contribution in [3.63, 3.8) is 0 Å². The van der Waals surface area contributed by atoms with Gasteiger partial charge in [0.25, 0.3) is 0 Å². The fourth-order valence-corrected chi connectivity index (χ4v) is 9.59. The van der Waals surface area contributed by atoms with E-state index in [0.717, 1.165) is 99.9 Å². The van der Waals surface area contributed by atoms with Crippen LogP contribution in [0.1, 0.15) is 122 Å². The van der Waals surface area contributed by atoms with Crippen molar-refractivity contribution in [3.05, 3.63) is 310 Å². The molecule has 0 fully saturated rings. The number of carbonyl (C=O) groups excluding carboxylic acids is 4. The Hall–Kier alpha value is -9.16. The number of hydrogen-bond donors (Lipinski definition) is 4. The molecule has 4 N–H and O–H groups in total. The van der Waals surface area contributed by atoms with Crippen LogP contribution in [-0.2, 0) is 99.6 Å². The van der Waals surface area contributed by atoms with Crippen molar-refractivity contribution < 1.29 is 136 Å². The third-order valence-electron chi connectivity index (χ3n) is 13.5. The summed E-state index contributed by atoms with van der Waals surface area (Å²) in [5, 5.41) is 37.4. The van der Waals surface area contributed by atoms with Crippen molar-refractivity contribution in [1.82, 2.24) is 19.9 Å². The molecule has 16 heteroatoms. The summed E-state index contributed by atoms with van der Waals surface area (Å²) in [4.78, 5) is 58.5. The number of allylic oxidation sites excluding steroid dienone is 8. The minimum absolute atomic E-state index is 0. The molecule has 0 aliphatic carbocycles. The number of rotatable bonds is 8. The minimum Gasteiger partial charge on any atom is -0.512 e. The Morgan fingerprint density at radius 3 is 0.924 bits per heavy atom. The summed E-state index contributed by atoms with van der Waals surface area (Å²) in [6, 6.07) is 70.9. The first-order valence-corrected chi connectivity index (χ1v) is 31.8. The topological polar surface area (TPSA) is 201 Å². The molecule has 8 aromatic carbocycles. The number of aliphatic hydroxyl groups excluding tert-OH is 4. The van der Waals surface area contributed by atoms with Crippen LogP contribution in [0.15, 0.2) is 235 Å². The molecular formula is C89H90Ir4N4O8-4. The van der Waals surface area contributed by atoms with E-state index in [-0.39, 0.29) is 138 Å². The molecule has 0 unspecified atom stereocenters. The van der Waals surface area contributed by atoms with E-state index >= 15 is 0 Å². The number of pyridine rings is 4. The van der Waals surface area contributed by atoms with Gasteiger partial charge >= 0.3 is 0 Å². The standard InChI is InChI=1S/2C18H16N.C17H14N.C16H12N.4C5H8O2.4Ir/c2*1-12-4-5-15-6-7-17(19-18(15)11-12)16-9-13(2)8-14(3)10-16;1-12-9-13(2)11-15(10-12)17-8-7-14-5-3-4-6-16(14)18-17;1-12-7-8-14-9-10-15(17-16(14)11-12)13-5-3-2-4-6-13;4*1-4(6)3-5(2)7;;;;/h2*4-9,11H,1-3H3;3-10H,1-2H3;2-5,7-11H,1H3;4*3,6H,1-2H3;;;;/q4*-1;;;;;;;;/i3D3;1D3;2D3;1D3;;;;;;;;. The number of carbonyl (C=O) groups is 4. The Bertz CT molecular complexity index is 5350. The van der Waals surface area contributed by atoms with Gasteiger partial charge in [-0.05, 0) is 161 Å². The molecule has 0 saturated heterocycles. The molecule has 0 aliphatic heterocycles. The predicted octanol–water partition coefficient (Wildman–Crippen LogP) is 21.7. The van der Waals surface area contributed by atoms with Crippen LogP contribution in [0.3, 0.4) is 0 Å². The molecule has 554 valence electrons. The average molecular weight is 2120 g/mol. The molecule has 12 nitrogen and oxygen atoms in total. The van der Waals surface area contributed by atoms with E-state index in [1.165, 1.54) is 79.7 Å². The number of aryl methyl sites for hydroxylation is 9. The van der Waals surface area contributed by atoms with E-state index < -0.39 is 27.4 Å². The minimum atomic E-state index is -2.16. The van der Waals surface area contributed by atoms with Crippen molar-refractivity contribution in [3.8, 4) is 45.0 Å². The number of fused-ring (bicyclic) bond motifs is 4. The maximum absolute atomic E-state index is 10.0. The van der Waals surface area contributed by atoms with Crippen molar-refractivity contribution in [1.29, 1.82) is 0 Å². The van der Waals surface area contributed by atoms with Gasteiger partial charge < -0.3 is 20.4 Å². The molecule has 4 aromatic heterocycles. The molecule has 0 bridgehead atoms. The fourth-order valence-electron chi connectivity index (χ4n) is 9.59. The number of para-hydroxylation sites is 1. The molecule has 0 spiro atoms.